The van der Waals surface area contributed by atoms with Crippen LogP contribution < -0.4 is 15.3 Å². The number of rotatable bonds is 6. The Morgan fingerprint density at radius 2 is 1.73 bits per heavy atom. The van der Waals surface area contributed by atoms with Crippen LogP contribution in [0.2, 0.25) is 0 Å². The fourth-order valence-electron chi connectivity index (χ4n) is 2.41. The van der Waals surface area contributed by atoms with Gasteiger partial charge in [0.05, 0.1) is 12.2 Å². The number of nitrogens with one attached hydrogen (secondary N) is 1. The molecule has 3 aromatic carbocycles. The highest BCUT2D eigenvalue weighted by molar-refractivity contribution is 5.97. The highest BCUT2D eigenvalue weighted by Gasteiger charge is 2.03. The molecule has 1 amide bonds. The third kappa shape index (κ3) is 4.24. The van der Waals surface area contributed by atoms with Crippen LogP contribution in [0.3, 0.4) is 0 Å². The molecule has 6 nitrogen and oxygen atoms in total. The topological polar surface area (TPSA) is 90.8 Å². The lowest BCUT2D eigenvalue weighted by Crippen LogP contribution is -2.25. The van der Waals surface area contributed by atoms with E-state index in [2.05, 4.69) is 10.5 Å². The summed E-state index contributed by atoms with van der Waals surface area (Å²) in [4.78, 5) is 22.8. The largest absolute Gasteiger partial charge is 0.545 e. The molecule has 0 unspecified atom stereocenters. The molecule has 0 radical (unpaired) electrons. The number of nitrogens with zero attached hydrogens (tertiary/aromatic N) is 1. The van der Waals surface area contributed by atoms with Gasteiger partial charge in [-0.1, -0.05) is 54.6 Å². The van der Waals surface area contributed by atoms with Crippen LogP contribution in [-0.4, -0.2) is 24.7 Å². The zero-order valence-electron chi connectivity index (χ0n) is 13.7. The van der Waals surface area contributed by atoms with Crippen molar-refractivity contribution < 1.29 is 19.4 Å². The lowest BCUT2D eigenvalue weighted by atomic mass is 10.1. The number of fused-ring (bicyclic) bond motifs is 1. The van der Waals surface area contributed by atoms with E-state index >= 15 is 0 Å². The molecule has 0 saturated carbocycles. The van der Waals surface area contributed by atoms with Crippen LogP contribution in [0.4, 0.5) is 0 Å². The Morgan fingerprint density at radius 3 is 2.54 bits per heavy atom. The molecule has 0 heterocycles. The van der Waals surface area contributed by atoms with Gasteiger partial charge < -0.3 is 14.6 Å². The van der Waals surface area contributed by atoms with Crippen molar-refractivity contribution in [1.82, 2.24) is 5.43 Å². The molecular formula is C20H15N2O4-. The van der Waals surface area contributed by atoms with Crippen molar-refractivity contribution in [3.63, 3.8) is 0 Å². The third-order valence-electron chi connectivity index (χ3n) is 3.66. The normalized spacial score (nSPS) is 10.8. The number of ether oxygens (including phenoxy) is 1. The molecule has 0 aliphatic heterocycles. The number of aromatic carboxylic acids is 1. The van der Waals surface area contributed by atoms with Gasteiger partial charge in [0.1, 0.15) is 5.75 Å². The third-order valence-corrected chi connectivity index (χ3v) is 3.66. The van der Waals surface area contributed by atoms with Crippen molar-refractivity contribution in [1.29, 1.82) is 0 Å². The van der Waals surface area contributed by atoms with Crippen LogP contribution in [0.15, 0.2) is 71.8 Å². The van der Waals surface area contributed by atoms with Crippen molar-refractivity contribution >= 4 is 28.9 Å². The van der Waals surface area contributed by atoms with Crippen LogP contribution in [0, 0.1) is 0 Å². The SMILES string of the molecule is O=C(COc1ccc2ccccc2c1)N/N=C\c1ccccc1C(=O)[O-]. The van der Waals surface area contributed by atoms with Gasteiger partial charge in [0.15, 0.2) is 6.61 Å². The standard InChI is InChI=1S/C20H16N2O4/c23-19(22-21-12-16-7-3-4-8-18(16)20(24)25)13-26-17-10-9-14-5-1-2-6-15(14)11-17/h1-12H,13H2,(H,22,23)(H,24,25)/p-1/b21-12-. The first-order valence-electron chi connectivity index (χ1n) is 7.87. The van der Waals surface area contributed by atoms with E-state index in [9.17, 15) is 14.7 Å². The van der Waals surface area contributed by atoms with E-state index in [1.807, 2.05) is 36.4 Å². The molecule has 0 aliphatic rings. The smallest absolute Gasteiger partial charge is 0.277 e. The summed E-state index contributed by atoms with van der Waals surface area (Å²) in [5, 5.41) is 16.8. The number of carbonyl (C=O) groups excluding carboxylic acids is 2. The molecular weight excluding hydrogens is 332 g/mol. The molecule has 3 aromatic rings. The van der Waals surface area contributed by atoms with Crippen LogP contribution in [-0.2, 0) is 4.79 Å². The van der Waals surface area contributed by atoms with Gasteiger partial charge in [0.2, 0.25) is 0 Å². The second-order valence-electron chi connectivity index (χ2n) is 5.47. The molecule has 0 fully saturated rings. The first kappa shape index (κ1) is 17.2. The lowest BCUT2D eigenvalue weighted by Gasteiger charge is -2.07. The van der Waals surface area contributed by atoms with Crippen LogP contribution in [0.25, 0.3) is 10.8 Å². The monoisotopic (exact) mass is 347 g/mol. The lowest BCUT2D eigenvalue weighted by molar-refractivity contribution is -0.255. The maximum Gasteiger partial charge on any atom is 0.277 e. The van der Waals surface area contributed by atoms with Gasteiger partial charge in [-0.2, -0.15) is 5.10 Å². The Kier molecular flexibility index (Phi) is 5.24. The van der Waals surface area contributed by atoms with Crippen molar-refractivity contribution in [2.75, 3.05) is 6.61 Å². The number of hydrazone groups is 1. The van der Waals surface area contributed by atoms with E-state index in [-0.39, 0.29) is 12.2 Å². The Hall–Kier alpha value is -3.67. The van der Waals surface area contributed by atoms with E-state index in [4.69, 9.17) is 4.74 Å². The molecule has 26 heavy (non-hydrogen) atoms. The molecule has 0 aromatic heterocycles. The summed E-state index contributed by atoms with van der Waals surface area (Å²) < 4.78 is 5.45. The number of benzene rings is 3. The summed E-state index contributed by atoms with van der Waals surface area (Å²) in [5.41, 5.74) is 2.63. The number of carboxylic acids is 1. The van der Waals surface area contributed by atoms with Crippen LogP contribution >= 0.6 is 0 Å². The minimum atomic E-state index is -1.31. The molecule has 0 aliphatic carbocycles. The summed E-state index contributed by atoms with van der Waals surface area (Å²) in [6, 6.07) is 19.6. The van der Waals surface area contributed by atoms with E-state index in [1.54, 1.807) is 24.3 Å². The predicted molar refractivity (Wildman–Crippen MR) is 96.0 cm³/mol. The number of hydrogen-bond donors (Lipinski definition) is 1. The molecule has 0 atom stereocenters. The molecule has 3 rings (SSSR count). The number of amides is 1. The average molecular weight is 347 g/mol. The fraction of sp³-hybridized carbons (Fsp3) is 0.0500. The molecule has 0 saturated heterocycles. The van der Waals surface area contributed by atoms with Gasteiger partial charge >= 0.3 is 0 Å². The van der Waals surface area contributed by atoms with Gasteiger partial charge in [-0.05, 0) is 22.9 Å². The van der Waals surface area contributed by atoms with Gasteiger partial charge in [-0.25, -0.2) is 5.43 Å². The van der Waals surface area contributed by atoms with E-state index in [1.165, 1.54) is 12.3 Å². The van der Waals surface area contributed by atoms with Crippen molar-refractivity contribution in [2.24, 2.45) is 5.10 Å². The van der Waals surface area contributed by atoms with Crippen LogP contribution in [0.5, 0.6) is 5.75 Å². The second kappa shape index (κ2) is 7.94. The van der Waals surface area contributed by atoms with E-state index < -0.39 is 11.9 Å². The first-order chi connectivity index (χ1) is 12.6. The summed E-state index contributed by atoms with van der Waals surface area (Å²) in [6.45, 7) is -0.211. The Balaban J connectivity index is 1.56. The predicted octanol–water partition coefficient (Wildman–Crippen LogP) is 1.73. The van der Waals surface area contributed by atoms with Gasteiger partial charge in [-0.15, -0.1) is 0 Å². The van der Waals surface area contributed by atoms with Gasteiger partial charge in [0, 0.05) is 11.1 Å². The summed E-state index contributed by atoms with van der Waals surface area (Å²) in [7, 11) is 0. The molecule has 1 N–H and O–H groups in total. The highest BCUT2D eigenvalue weighted by atomic mass is 16.5. The quantitative estimate of drug-likeness (QED) is 0.543. The van der Waals surface area contributed by atoms with Crippen molar-refractivity contribution in [3.05, 3.63) is 77.9 Å². The molecule has 130 valence electrons. The second-order valence-corrected chi connectivity index (χ2v) is 5.47. The fourth-order valence-corrected chi connectivity index (χ4v) is 2.41. The van der Waals surface area contributed by atoms with Crippen LogP contribution in [0.1, 0.15) is 15.9 Å². The number of carboxylic acid groups (broad SMARTS) is 1. The van der Waals surface area contributed by atoms with E-state index in [0.29, 0.717) is 11.3 Å². The van der Waals surface area contributed by atoms with Gasteiger partial charge in [-0.3, -0.25) is 4.79 Å². The molecule has 0 bridgehead atoms. The zero-order valence-corrected chi connectivity index (χ0v) is 13.7. The highest BCUT2D eigenvalue weighted by Crippen LogP contribution is 2.20. The average Bonchev–Trinajstić information content (AvgIpc) is 2.66. The van der Waals surface area contributed by atoms with Crippen molar-refractivity contribution in [3.8, 4) is 5.75 Å². The summed E-state index contributed by atoms with van der Waals surface area (Å²) in [6.07, 6.45) is 1.25. The van der Waals surface area contributed by atoms with E-state index in [0.717, 1.165) is 10.8 Å². The minimum absolute atomic E-state index is 0.00193. The zero-order chi connectivity index (χ0) is 18.4. The van der Waals surface area contributed by atoms with Gasteiger partial charge in [0.25, 0.3) is 5.91 Å². The summed E-state index contributed by atoms with van der Waals surface area (Å²) in [5.74, 6) is -1.19. The van der Waals surface area contributed by atoms with Crippen molar-refractivity contribution in [2.45, 2.75) is 0 Å². The molecule has 0 spiro atoms. The Labute approximate surface area is 149 Å². The number of hydrogen-bond acceptors (Lipinski definition) is 5. The number of carbonyl (C=O) groups is 2. The Morgan fingerprint density at radius 1 is 1.00 bits per heavy atom. The first-order valence-corrected chi connectivity index (χ1v) is 7.87. The Bertz CT molecular complexity index is 982. The summed E-state index contributed by atoms with van der Waals surface area (Å²) >= 11 is 0. The maximum atomic E-state index is 11.8. The minimum Gasteiger partial charge on any atom is -0.545 e. The maximum absolute atomic E-state index is 11.8. The molecule has 6 heteroatoms.